The smallest absolute Gasteiger partial charge is 0.106 e. The number of aryl methyl sites for hydroxylation is 1. The van der Waals surface area contributed by atoms with Crippen molar-refractivity contribution in [1.29, 1.82) is 0 Å². The fraction of sp³-hybridized carbons (Fsp3) is 0.125. The molecule has 1 atom stereocenters. The first-order valence-corrected chi connectivity index (χ1v) is 6.19. The lowest BCUT2D eigenvalue weighted by Crippen LogP contribution is -2.00. The number of aromatic nitrogens is 2. The first-order valence-electron chi connectivity index (χ1n) is 6.19. The summed E-state index contributed by atoms with van der Waals surface area (Å²) in [6.45, 7) is 1.93. The predicted molar refractivity (Wildman–Crippen MR) is 74.8 cm³/mol. The molecule has 0 fully saturated rings. The third-order valence-corrected chi connectivity index (χ3v) is 3.19. The fourth-order valence-corrected chi connectivity index (χ4v) is 2.10. The lowest BCUT2D eigenvalue weighted by atomic mass is 10.0. The van der Waals surface area contributed by atoms with Crippen LogP contribution in [0.25, 0.3) is 10.9 Å². The maximum atomic E-state index is 10.4. The van der Waals surface area contributed by atoms with E-state index in [0.29, 0.717) is 0 Å². The highest BCUT2D eigenvalue weighted by atomic mass is 16.3. The van der Waals surface area contributed by atoms with Crippen LogP contribution in [0.4, 0.5) is 0 Å². The van der Waals surface area contributed by atoms with Gasteiger partial charge in [-0.25, -0.2) is 0 Å². The van der Waals surface area contributed by atoms with E-state index >= 15 is 0 Å². The highest BCUT2D eigenvalue weighted by molar-refractivity contribution is 5.79. The van der Waals surface area contributed by atoms with Gasteiger partial charge in [0.15, 0.2) is 0 Å². The molecule has 94 valence electrons. The Morgan fingerprint density at radius 2 is 1.84 bits per heavy atom. The van der Waals surface area contributed by atoms with Gasteiger partial charge in [0, 0.05) is 29.0 Å². The van der Waals surface area contributed by atoms with Gasteiger partial charge in [-0.05, 0) is 36.8 Å². The Bertz CT molecular complexity index is 707. The molecule has 0 saturated heterocycles. The molecule has 3 rings (SSSR count). The summed E-state index contributed by atoms with van der Waals surface area (Å²) in [6.07, 6.45) is 2.83. The van der Waals surface area contributed by atoms with Gasteiger partial charge in [0.25, 0.3) is 0 Å². The van der Waals surface area contributed by atoms with Crippen molar-refractivity contribution in [2.75, 3.05) is 0 Å². The second kappa shape index (κ2) is 4.78. The molecule has 0 bridgehead atoms. The molecular weight excluding hydrogens is 236 g/mol. The van der Waals surface area contributed by atoms with E-state index in [1.165, 1.54) is 0 Å². The predicted octanol–water partition coefficient (Wildman–Crippen LogP) is 3.02. The van der Waals surface area contributed by atoms with E-state index in [1.807, 2.05) is 49.4 Å². The van der Waals surface area contributed by atoms with Crippen molar-refractivity contribution in [2.24, 2.45) is 0 Å². The Morgan fingerprint density at radius 3 is 2.63 bits per heavy atom. The highest BCUT2D eigenvalue weighted by Crippen LogP contribution is 2.24. The van der Waals surface area contributed by atoms with Crippen LogP contribution < -0.4 is 0 Å². The summed E-state index contributed by atoms with van der Waals surface area (Å²) in [6, 6.07) is 13.5. The van der Waals surface area contributed by atoms with Crippen molar-refractivity contribution < 1.29 is 5.11 Å². The Morgan fingerprint density at radius 1 is 1.00 bits per heavy atom. The number of rotatable bonds is 2. The summed E-state index contributed by atoms with van der Waals surface area (Å²) in [5.41, 5.74) is 3.53. The number of aliphatic hydroxyl groups excluding tert-OH is 1. The topological polar surface area (TPSA) is 46.0 Å². The second-order valence-corrected chi connectivity index (χ2v) is 4.59. The van der Waals surface area contributed by atoms with Crippen LogP contribution in [-0.4, -0.2) is 15.1 Å². The third-order valence-electron chi connectivity index (χ3n) is 3.19. The van der Waals surface area contributed by atoms with E-state index in [-0.39, 0.29) is 0 Å². The SMILES string of the molecule is Cc1ccc(C(O)c2ccc3ncccc3c2)cn1. The molecule has 2 heterocycles. The summed E-state index contributed by atoms with van der Waals surface area (Å²) >= 11 is 0. The molecule has 1 N–H and O–H groups in total. The Hall–Kier alpha value is -2.26. The molecule has 1 aromatic carbocycles. The van der Waals surface area contributed by atoms with Crippen molar-refractivity contribution in [3.8, 4) is 0 Å². The number of benzene rings is 1. The maximum absolute atomic E-state index is 10.4. The lowest BCUT2D eigenvalue weighted by molar-refractivity contribution is 0.220. The van der Waals surface area contributed by atoms with Crippen molar-refractivity contribution >= 4 is 10.9 Å². The average molecular weight is 250 g/mol. The Labute approximate surface area is 111 Å². The number of aliphatic hydroxyl groups is 1. The molecule has 0 spiro atoms. The zero-order valence-electron chi connectivity index (χ0n) is 10.6. The van der Waals surface area contributed by atoms with Crippen molar-refractivity contribution in [3.05, 3.63) is 71.7 Å². The minimum Gasteiger partial charge on any atom is -0.384 e. The number of pyridine rings is 2. The third kappa shape index (κ3) is 2.33. The molecule has 0 radical (unpaired) electrons. The molecule has 0 amide bonds. The van der Waals surface area contributed by atoms with Crippen molar-refractivity contribution in [3.63, 3.8) is 0 Å². The molecular formula is C16H14N2O. The lowest BCUT2D eigenvalue weighted by Gasteiger charge is -2.12. The van der Waals surface area contributed by atoms with Crippen molar-refractivity contribution in [1.82, 2.24) is 9.97 Å². The van der Waals surface area contributed by atoms with Crippen LogP contribution in [0.2, 0.25) is 0 Å². The monoisotopic (exact) mass is 250 g/mol. The van der Waals surface area contributed by atoms with Crippen molar-refractivity contribution in [2.45, 2.75) is 13.0 Å². The van der Waals surface area contributed by atoms with E-state index < -0.39 is 6.10 Å². The van der Waals surface area contributed by atoms with Gasteiger partial charge in [-0.3, -0.25) is 9.97 Å². The first kappa shape index (κ1) is 11.8. The van der Waals surface area contributed by atoms with Gasteiger partial charge in [0.2, 0.25) is 0 Å². The molecule has 19 heavy (non-hydrogen) atoms. The second-order valence-electron chi connectivity index (χ2n) is 4.59. The zero-order valence-corrected chi connectivity index (χ0v) is 10.6. The van der Waals surface area contributed by atoms with Gasteiger partial charge in [-0.1, -0.05) is 18.2 Å². The summed E-state index contributed by atoms with van der Waals surface area (Å²) in [5.74, 6) is 0. The first-order chi connectivity index (χ1) is 9.24. The standard InChI is InChI=1S/C16H14N2O/c1-11-4-5-14(10-18-11)16(19)13-6-7-15-12(9-13)3-2-8-17-15/h2-10,16,19H,1H3. The molecule has 0 aliphatic carbocycles. The van der Waals surface area contributed by atoms with E-state index in [9.17, 15) is 5.11 Å². The van der Waals surface area contributed by atoms with E-state index in [0.717, 1.165) is 27.7 Å². The number of nitrogens with zero attached hydrogens (tertiary/aromatic N) is 2. The largest absolute Gasteiger partial charge is 0.384 e. The van der Waals surface area contributed by atoms with Gasteiger partial charge in [0.05, 0.1) is 5.52 Å². The Balaban J connectivity index is 2.01. The van der Waals surface area contributed by atoms with Gasteiger partial charge in [0.1, 0.15) is 6.10 Å². The molecule has 2 aromatic heterocycles. The molecule has 3 nitrogen and oxygen atoms in total. The van der Waals surface area contributed by atoms with Crippen LogP contribution >= 0.6 is 0 Å². The van der Waals surface area contributed by atoms with Crippen LogP contribution in [0.15, 0.2) is 54.9 Å². The summed E-state index contributed by atoms with van der Waals surface area (Å²) in [4.78, 5) is 8.49. The van der Waals surface area contributed by atoms with Gasteiger partial charge >= 0.3 is 0 Å². The summed E-state index contributed by atoms with van der Waals surface area (Å²) in [7, 11) is 0. The zero-order chi connectivity index (χ0) is 13.2. The van der Waals surface area contributed by atoms with Crippen LogP contribution in [0.3, 0.4) is 0 Å². The van der Waals surface area contributed by atoms with Gasteiger partial charge in [-0.2, -0.15) is 0 Å². The molecule has 0 aliphatic heterocycles. The van der Waals surface area contributed by atoms with E-state index in [2.05, 4.69) is 9.97 Å². The summed E-state index contributed by atoms with van der Waals surface area (Å²) < 4.78 is 0. The van der Waals surface area contributed by atoms with E-state index in [4.69, 9.17) is 0 Å². The maximum Gasteiger partial charge on any atom is 0.106 e. The Kier molecular flexibility index (Phi) is 2.97. The minimum absolute atomic E-state index is 0.655. The van der Waals surface area contributed by atoms with E-state index in [1.54, 1.807) is 12.4 Å². The molecule has 0 aliphatic rings. The van der Waals surface area contributed by atoms with Crippen LogP contribution in [0.5, 0.6) is 0 Å². The number of hydrogen-bond donors (Lipinski definition) is 1. The molecule has 0 saturated carbocycles. The van der Waals surface area contributed by atoms with Crippen LogP contribution in [0, 0.1) is 6.92 Å². The van der Waals surface area contributed by atoms with Gasteiger partial charge < -0.3 is 5.11 Å². The molecule has 3 heteroatoms. The highest BCUT2D eigenvalue weighted by Gasteiger charge is 2.11. The fourth-order valence-electron chi connectivity index (χ4n) is 2.10. The minimum atomic E-state index is -0.655. The molecule has 1 unspecified atom stereocenters. The number of hydrogen-bond acceptors (Lipinski definition) is 3. The summed E-state index contributed by atoms with van der Waals surface area (Å²) in [5, 5.41) is 11.4. The quantitative estimate of drug-likeness (QED) is 0.760. The van der Waals surface area contributed by atoms with Crippen LogP contribution in [-0.2, 0) is 0 Å². The molecule has 3 aromatic rings. The normalized spacial score (nSPS) is 12.5. The van der Waals surface area contributed by atoms with Gasteiger partial charge in [-0.15, -0.1) is 0 Å². The van der Waals surface area contributed by atoms with Crippen LogP contribution in [0.1, 0.15) is 22.9 Å². The average Bonchev–Trinajstić information content (AvgIpc) is 2.47. The number of fused-ring (bicyclic) bond motifs is 1.